The molecule has 3 rings (SSSR count). The molecule has 2 amide bonds. The maximum atomic E-state index is 12.5. The second-order valence-corrected chi connectivity index (χ2v) is 6.72. The lowest BCUT2D eigenvalue weighted by Crippen LogP contribution is -2.41. The Morgan fingerprint density at radius 2 is 2.17 bits per heavy atom. The lowest BCUT2D eigenvalue weighted by atomic mass is 10.2. The van der Waals surface area contributed by atoms with Crippen molar-refractivity contribution in [2.75, 3.05) is 31.6 Å². The highest BCUT2D eigenvalue weighted by atomic mass is 35.5. The topological polar surface area (TPSA) is 65.5 Å². The Balaban J connectivity index is 0.00000144. The molecule has 0 saturated carbocycles. The third-order valence-corrected chi connectivity index (χ3v) is 5.23. The van der Waals surface area contributed by atoms with Gasteiger partial charge < -0.3 is 10.2 Å². The molecule has 2 aliphatic heterocycles. The number of likely N-dealkylation sites (tertiary alicyclic amines) is 1. The largest absolute Gasteiger partial charge is 0.338 e. The first-order chi connectivity index (χ1) is 10.7. The van der Waals surface area contributed by atoms with Crippen molar-refractivity contribution in [1.29, 1.82) is 0 Å². The quantitative estimate of drug-likeness (QED) is 0.827. The molecular formula is C15H24Cl2N4O2S. The predicted octanol–water partition coefficient (Wildman–Crippen LogP) is 1.87. The van der Waals surface area contributed by atoms with Crippen molar-refractivity contribution in [1.82, 2.24) is 15.2 Å². The second-order valence-electron chi connectivity index (χ2n) is 5.89. The van der Waals surface area contributed by atoms with E-state index in [1.54, 1.807) is 4.90 Å². The molecule has 136 valence electrons. The number of rotatable bonds is 5. The molecule has 2 aliphatic rings. The minimum atomic E-state index is 0. The number of hydrogen-bond acceptors (Lipinski definition) is 5. The molecular weight excluding hydrogens is 371 g/mol. The number of thiazole rings is 1. The van der Waals surface area contributed by atoms with Crippen molar-refractivity contribution >= 4 is 53.1 Å². The van der Waals surface area contributed by atoms with Gasteiger partial charge in [0.2, 0.25) is 11.8 Å². The van der Waals surface area contributed by atoms with Crippen molar-refractivity contribution in [3.05, 3.63) is 11.1 Å². The first kappa shape index (κ1) is 21.2. The van der Waals surface area contributed by atoms with Crippen molar-refractivity contribution in [2.45, 2.75) is 38.1 Å². The normalized spacial score (nSPS) is 20.0. The molecule has 1 N–H and O–H groups in total. The van der Waals surface area contributed by atoms with Gasteiger partial charge in [-0.1, -0.05) is 0 Å². The fraction of sp³-hybridized carbons (Fsp3) is 0.667. The lowest BCUT2D eigenvalue weighted by molar-refractivity contribution is -0.131. The van der Waals surface area contributed by atoms with Crippen molar-refractivity contribution in [3.63, 3.8) is 0 Å². The molecule has 9 heteroatoms. The SMILES string of the molecule is CNCC1CCCN1C(=O)Cc1csc(N2CCCC2=O)n1.Cl.Cl. The number of likely N-dealkylation sites (N-methyl/N-ethyl adjacent to an activating group) is 1. The van der Waals surface area contributed by atoms with Gasteiger partial charge in [0.1, 0.15) is 0 Å². The van der Waals surface area contributed by atoms with Crippen molar-refractivity contribution < 1.29 is 9.59 Å². The van der Waals surface area contributed by atoms with E-state index in [2.05, 4.69) is 10.3 Å². The van der Waals surface area contributed by atoms with Crippen LogP contribution in [0, 0.1) is 0 Å². The van der Waals surface area contributed by atoms with E-state index < -0.39 is 0 Å². The Hall–Kier alpha value is -0.890. The number of hydrogen-bond donors (Lipinski definition) is 1. The van der Waals surface area contributed by atoms with Crippen LogP contribution in [-0.2, 0) is 16.0 Å². The number of halogens is 2. The summed E-state index contributed by atoms with van der Waals surface area (Å²) in [5.41, 5.74) is 0.778. The Morgan fingerprint density at radius 1 is 1.38 bits per heavy atom. The van der Waals surface area contributed by atoms with Crippen LogP contribution >= 0.6 is 36.2 Å². The molecule has 0 bridgehead atoms. The monoisotopic (exact) mass is 394 g/mol. The van der Waals surface area contributed by atoms with Crippen molar-refractivity contribution in [3.8, 4) is 0 Å². The average Bonchev–Trinajstić information content (AvgIpc) is 3.20. The zero-order valence-electron chi connectivity index (χ0n) is 13.7. The number of carbonyl (C=O) groups is 2. The molecule has 2 fully saturated rings. The third kappa shape index (κ3) is 4.59. The number of carbonyl (C=O) groups excluding carboxylic acids is 2. The van der Waals surface area contributed by atoms with E-state index in [1.807, 2.05) is 17.3 Å². The fourth-order valence-electron chi connectivity index (χ4n) is 3.22. The first-order valence-electron chi connectivity index (χ1n) is 7.88. The number of amides is 2. The first-order valence-corrected chi connectivity index (χ1v) is 8.76. The number of aromatic nitrogens is 1. The average molecular weight is 395 g/mol. The molecule has 1 atom stereocenters. The molecule has 0 aromatic carbocycles. The van der Waals surface area contributed by atoms with Gasteiger partial charge in [-0.15, -0.1) is 36.2 Å². The number of anilines is 1. The Labute approximate surface area is 158 Å². The maximum absolute atomic E-state index is 12.5. The van der Waals surface area contributed by atoms with E-state index in [0.717, 1.165) is 49.7 Å². The summed E-state index contributed by atoms with van der Waals surface area (Å²) in [5.74, 6) is 0.281. The third-order valence-electron chi connectivity index (χ3n) is 4.31. The van der Waals surface area contributed by atoms with Gasteiger partial charge in [0.15, 0.2) is 5.13 Å². The summed E-state index contributed by atoms with van der Waals surface area (Å²) in [5, 5.41) is 5.79. The van der Waals surface area contributed by atoms with Gasteiger partial charge in [-0.05, 0) is 26.3 Å². The molecule has 0 radical (unpaired) electrons. The van der Waals surface area contributed by atoms with Gasteiger partial charge >= 0.3 is 0 Å². The summed E-state index contributed by atoms with van der Waals surface area (Å²) < 4.78 is 0. The molecule has 0 aliphatic carbocycles. The van der Waals surface area contributed by atoms with Gasteiger partial charge in [0, 0.05) is 37.5 Å². The fourth-order valence-corrected chi connectivity index (χ4v) is 4.09. The van der Waals surface area contributed by atoms with Crippen LogP contribution in [0.1, 0.15) is 31.4 Å². The van der Waals surface area contributed by atoms with E-state index in [-0.39, 0.29) is 36.6 Å². The summed E-state index contributed by atoms with van der Waals surface area (Å²) in [4.78, 5) is 32.4. The highest BCUT2D eigenvalue weighted by Crippen LogP contribution is 2.26. The Kier molecular flexibility index (Phi) is 8.42. The minimum Gasteiger partial charge on any atom is -0.338 e. The Bertz CT molecular complexity index is 569. The molecule has 0 spiro atoms. The van der Waals surface area contributed by atoms with Gasteiger partial charge in [-0.2, -0.15) is 0 Å². The van der Waals surface area contributed by atoms with Gasteiger partial charge in [0.05, 0.1) is 12.1 Å². The van der Waals surface area contributed by atoms with Crippen LogP contribution in [0.3, 0.4) is 0 Å². The molecule has 2 saturated heterocycles. The van der Waals surface area contributed by atoms with Crippen LogP contribution in [0.2, 0.25) is 0 Å². The highest BCUT2D eigenvalue weighted by Gasteiger charge is 2.29. The molecule has 3 heterocycles. The van der Waals surface area contributed by atoms with Crippen LogP contribution in [0.25, 0.3) is 0 Å². The standard InChI is InChI=1S/C15H22N4O2S.2ClH/c1-16-9-12-4-2-6-18(12)14(21)8-11-10-22-15(17-11)19-7-3-5-13(19)20;;/h10,12,16H,2-9H2,1H3;2*1H. The highest BCUT2D eigenvalue weighted by molar-refractivity contribution is 7.14. The summed E-state index contributed by atoms with van der Waals surface area (Å²) >= 11 is 1.46. The van der Waals surface area contributed by atoms with E-state index >= 15 is 0 Å². The van der Waals surface area contributed by atoms with E-state index in [9.17, 15) is 9.59 Å². The van der Waals surface area contributed by atoms with Gasteiger partial charge in [-0.3, -0.25) is 14.5 Å². The van der Waals surface area contributed by atoms with Gasteiger partial charge in [0.25, 0.3) is 0 Å². The van der Waals surface area contributed by atoms with Crippen LogP contribution in [0.4, 0.5) is 5.13 Å². The summed E-state index contributed by atoms with van der Waals surface area (Å²) in [7, 11) is 1.92. The zero-order chi connectivity index (χ0) is 15.5. The van der Waals surface area contributed by atoms with E-state index in [4.69, 9.17) is 0 Å². The van der Waals surface area contributed by atoms with Crippen molar-refractivity contribution in [2.24, 2.45) is 0 Å². The second kappa shape index (κ2) is 9.56. The molecule has 1 unspecified atom stereocenters. The number of nitrogens with zero attached hydrogens (tertiary/aromatic N) is 3. The Morgan fingerprint density at radius 3 is 2.83 bits per heavy atom. The predicted molar refractivity (Wildman–Crippen MR) is 101 cm³/mol. The van der Waals surface area contributed by atoms with Gasteiger partial charge in [-0.25, -0.2) is 4.98 Å². The van der Waals surface area contributed by atoms with Crippen LogP contribution < -0.4 is 10.2 Å². The molecule has 1 aromatic heterocycles. The minimum absolute atomic E-state index is 0. The zero-order valence-corrected chi connectivity index (χ0v) is 16.1. The molecule has 24 heavy (non-hydrogen) atoms. The smallest absolute Gasteiger partial charge is 0.228 e. The lowest BCUT2D eigenvalue weighted by Gasteiger charge is -2.24. The summed E-state index contributed by atoms with van der Waals surface area (Å²) in [6.45, 7) is 2.43. The van der Waals surface area contributed by atoms with Crippen LogP contribution in [0.15, 0.2) is 5.38 Å². The molecule has 1 aromatic rings. The van der Waals surface area contributed by atoms with E-state index in [0.29, 0.717) is 18.9 Å². The van der Waals surface area contributed by atoms with E-state index in [1.165, 1.54) is 11.3 Å². The summed E-state index contributed by atoms with van der Waals surface area (Å²) in [6.07, 6.45) is 3.97. The van der Waals surface area contributed by atoms with Crippen LogP contribution in [0.5, 0.6) is 0 Å². The summed E-state index contributed by atoms with van der Waals surface area (Å²) in [6, 6.07) is 0.302. The molecule has 6 nitrogen and oxygen atoms in total. The number of nitrogens with one attached hydrogen (secondary N) is 1. The maximum Gasteiger partial charge on any atom is 0.228 e. The van der Waals surface area contributed by atoms with Crippen LogP contribution in [-0.4, -0.2) is 54.4 Å².